The molecule has 0 spiro atoms. The van der Waals surface area contributed by atoms with Crippen molar-refractivity contribution in [2.24, 2.45) is 0 Å². The summed E-state index contributed by atoms with van der Waals surface area (Å²) in [5.74, 6) is 1.60. The molecule has 1 aromatic carbocycles. The van der Waals surface area contributed by atoms with Crippen LogP contribution in [-0.2, 0) is 0 Å². The zero-order chi connectivity index (χ0) is 23.2. The van der Waals surface area contributed by atoms with Crippen LogP contribution in [0.5, 0.6) is 11.5 Å². The molecule has 0 unspecified atom stereocenters. The van der Waals surface area contributed by atoms with Crippen LogP contribution in [0.25, 0.3) is 5.69 Å². The van der Waals surface area contributed by atoms with E-state index >= 15 is 0 Å². The Morgan fingerprint density at radius 3 is 2.62 bits per heavy atom. The van der Waals surface area contributed by atoms with Gasteiger partial charge >= 0.3 is 0 Å². The van der Waals surface area contributed by atoms with Crippen LogP contribution in [0.3, 0.4) is 0 Å². The molecule has 7 heteroatoms. The van der Waals surface area contributed by atoms with Crippen LogP contribution in [0.1, 0.15) is 66.8 Å². The van der Waals surface area contributed by atoms with Crippen molar-refractivity contribution < 1.29 is 9.47 Å². The van der Waals surface area contributed by atoms with E-state index in [2.05, 4.69) is 59.0 Å². The lowest BCUT2D eigenvalue weighted by atomic mass is 9.90. The second-order valence-electron chi connectivity index (χ2n) is 9.53. The van der Waals surface area contributed by atoms with Crippen LogP contribution in [0.4, 0.5) is 0 Å². The standard InChI is InChI=1S/C27H30N4O2S/c1-17-14-21(18(2)30(17)20-11-12-23-24(15-20)33-16-32-23)26-25(22-10-6-7-13-28-22)29-27(34)31(26)19-8-4-3-5-9-19/h6-7,10-15,19,25-26H,3-5,8-9,16H2,1-2H3,(H,29,34)/t25-,26-/m0/s1. The lowest BCUT2D eigenvalue weighted by Gasteiger charge is -2.37. The first-order chi connectivity index (χ1) is 16.6. The average molecular weight is 475 g/mol. The van der Waals surface area contributed by atoms with Crippen molar-refractivity contribution in [3.63, 3.8) is 0 Å². The summed E-state index contributed by atoms with van der Waals surface area (Å²) in [7, 11) is 0. The molecule has 3 aliphatic rings. The lowest BCUT2D eigenvalue weighted by Crippen LogP contribution is -2.40. The fourth-order valence-corrected chi connectivity index (χ4v) is 6.35. The molecular weight excluding hydrogens is 444 g/mol. The van der Waals surface area contributed by atoms with E-state index in [9.17, 15) is 0 Å². The van der Waals surface area contributed by atoms with Crippen molar-refractivity contribution in [2.75, 3.05) is 6.79 Å². The summed E-state index contributed by atoms with van der Waals surface area (Å²) in [5, 5.41) is 4.49. The highest BCUT2D eigenvalue weighted by Gasteiger charge is 2.44. The van der Waals surface area contributed by atoms with Gasteiger partial charge in [-0.15, -0.1) is 0 Å². The molecule has 2 aromatic heterocycles. The van der Waals surface area contributed by atoms with Crippen molar-refractivity contribution in [3.05, 3.63) is 71.3 Å². The molecule has 4 heterocycles. The molecule has 3 aromatic rings. The number of aromatic nitrogens is 2. The van der Waals surface area contributed by atoms with Crippen molar-refractivity contribution in [2.45, 2.75) is 64.1 Å². The Morgan fingerprint density at radius 2 is 1.82 bits per heavy atom. The molecule has 1 N–H and O–H groups in total. The van der Waals surface area contributed by atoms with E-state index in [-0.39, 0.29) is 18.9 Å². The van der Waals surface area contributed by atoms with E-state index in [1.165, 1.54) is 49.1 Å². The van der Waals surface area contributed by atoms with Gasteiger partial charge in [0.25, 0.3) is 0 Å². The molecule has 176 valence electrons. The van der Waals surface area contributed by atoms with E-state index in [1.807, 2.05) is 18.3 Å². The van der Waals surface area contributed by atoms with Crippen LogP contribution < -0.4 is 14.8 Å². The van der Waals surface area contributed by atoms with Gasteiger partial charge < -0.3 is 24.3 Å². The third-order valence-electron chi connectivity index (χ3n) is 7.51. The molecular formula is C27H30N4O2S. The van der Waals surface area contributed by atoms with Gasteiger partial charge in [0, 0.05) is 35.4 Å². The van der Waals surface area contributed by atoms with Crippen molar-refractivity contribution in [1.29, 1.82) is 0 Å². The van der Waals surface area contributed by atoms with Gasteiger partial charge in [-0.2, -0.15) is 0 Å². The predicted octanol–water partition coefficient (Wildman–Crippen LogP) is 5.52. The molecule has 2 aliphatic heterocycles. The van der Waals surface area contributed by atoms with Crippen LogP contribution in [-0.4, -0.2) is 32.4 Å². The first kappa shape index (κ1) is 21.5. The number of aryl methyl sites for hydroxylation is 1. The van der Waals surface area contributed by atoms with Gasteiger partial charge in [0.2, 0.25) is 6.79 Å². The number of thiocarbonyl (C=S) groups is 1. The van der Waals surface area contributed by atoms with E-state index < -0.39 is 0 Å². The molecule has 2 fully saturated rings. The Bertz CT molecular complexity index is 1220. The van der Waals surface area contributed by atoms with Gasteiger partial charge in [0.15, 0.2) is 16.6 Å². The van der Waals surface area contributed by atoms with Gasteiger partial charge in [-0.1, -0.05) is 25.3 Å². The topological polar surface area (TPSA) is 51.6 Å². The molecule has 1 saturated heterocycles. The van der Waals surface area contributed by atoms with E-state index in [0.29, 0.717) is 6.04 Å². The summed E-state index contributed by atoms with van der Waals surface area (Å²) < 4.78 is 13.5. The fourth-order valence-electron chi connectivity index (χ4n) is 5.96. The van der Waals surface area contributed by atoms with E-state index in [1.54, 1.807) is 0 Å². The fraction of sp³-hybridized carbons (Fsp3) is 0.407. The predicted molar refractivity (Wildman–Crippen MR) is 136 cm³/mol. The lowest BCUT2D eigenvalue weighted by molar-refractivity contribution is 0.174. The number of fused-ring (bicyclic) bond motifs is 1. The van der Waals surface area contributed by atoms with E-state index in [0.717, 1.165) is 28.0 Å². The first-order valence-electron chi connectivity index (χ1n) is 12.2. The number of benzene rings is 1. The maximum Gasteiger partial charge on any atom is 0.231 e. The quantitative estimate of drug-likeness (QED) is 0.502. The van der Waals surface area contributed by atoms with Gasteiger partial charge in [-0.05, 0) is 74.8 Å². The van der Waals surface area contributed by atoms with Crippen LogP contribution in [0.15, 0.2) is 48.7 Å². The number of pyridine rings is 1. The van der Waals surface area contributed by atoms with Crippen molar-refractivity contribution >= 4 is 17.3 Å². The average Bonchev–Trinajstić information content (AvgIpc) is 3.54. The molecule has 6 nitrogen and oxygen atoms in total. The number of ether oxygens (including phenoxy) is 2. The highest BCUT2D eigenvalue weighted by Crippen LogP contribution is 2.45. The summed E-state index contributed by atoms with van der Waals surface area (Å²) in [6.07, 6.45) is 8.10. The van der Waals surface area contributed by atoms with Gasteiger partial charge in [0.1, 0.15) is 0 Å². The Morgan fingerprint density at radius 1 is 1.00 bits per heavy atom. The minimum Gasteiger partial charge on any atom is -0.454 e. The number of hydrogen-bond acceptors (Lipinski definition) is 4. The van der Waals surface area contributed by atoms with E-state index in [4.69, 9.17) is 26.7 Å². The first-order valence-corrected chi connectivity index (χ1v) is 12.6. The second-order valence-corrected chi connectivity index (χ2v) is 9.91. The number of hydrogen-bond donors (Lipinski definition) is 1. The Kier molecular flexibility index (Phi) is 5.44. The molecule has 0 bridgehead atoms. The molecule has 34 heavy (non-hydrogen) atoms. The van der Waals surface area contributed by atoms with Crippen LogP contribution in [0, 0.1) is 13.8 Å². The maximum atomic E-state index is 5.96. The minimum absolute atomic E-state index is 0.0151. The monoisotopic (exact) mass is 474 g/mol. The smallest absolute Gasteiger partial charge is 0.231 e. The highest BCUT2D eigenvalue weighted by atomic mass is 32.1. The molecule has 2 atom stereocenters. The number of nitrogens with one attached hydrogen (secondary N) is 1. The maximum absolute atomic E-state index is 5.96. The van der Waals surface area contributed by atoms with Gasteiger partial charge in [-0.3, -0.25) is 4.98 Å². The number of nitrogens with zero attached hydrogens (tertiary/aromatic N) is 3. The molecule has 1 aliphatic carbocycles. The van der Waals surface area contributed by atoms with Crippen LogP contribution in [0.2, 0.25) is 0 Å². The van der Waals surface area contributed by atoms with Crippen molar-refractivity contribution in [1.82, 2.24) is 19.8 Å². The Labute approximate surface area is 205 Å². The highest BCUT2D eigenvalue weighted by molar-refractivity contribution is 7.80. The third kappa shape index (κ3) is 3.54. The molecule has 1 saturated carbocycles. The zero-order valence-electron chi connectivity index (χ0n) is 19.7. The normalized spacial score (nSPS) is 22.3. The summed E-state index contributed by atoms with van der Waals surface area (Å²) in [4.78, 5) is 7.21. The zero-order valence-corrected chi connectivity index (χ0v) is 20.5. The van der Waals surface area contributed by atoms with Gasteiger partial charge in [0.05, 0.1) is 17.8 Å². The number of rotatable bonds is 4. The summed E-state index contributed by atoms with van der Waals surface area (Å²) in [5.41, 5.74) is 5.81. The molecule has 0 radical (unpaired) electrons. The molecule has 0 amide bonds. The SMILES string of the molecule is Cc1cc([C@H]2[C@H](c3ccccn3)NC(=S)N2C2CCCCC2)c(C)n1-c1ccc2c(c1)OCO2. The third-order valence-corrected chi connectivity index (χ3v) is 7.84. The van der Waals surface area contributed by atoms with Crippen LogP contribution >= 0.6 is 12.2 Å². The summed E-state index contributed by atoms with van der Waals surface area (Å²) >= 11 is 5.96. The summed E-state index contributed by atoms with van der Waals surface area (Å²) in [6.45, 7) is 4.66. The van der Waals surface area contributed by atoms with Gasteiger partial charge in [-0.25, -0.2) is 0 Å². The largest absolute Gasteiger partial charge is 0.454 e. The Hall–Kier alpha value is -3.06. The summed E-state index contributed by atoms with van der Waals surface area (Å²) in [6, 6.07) is 15.2. The molecule has 6 rings (SSSR count). The second kappa shape index (κ2) is 8.62. The van der Waals surface area contributed by atoms with Crippen molar-refractivity contribution in [3.8, 4) is 17.2 Å². The minimum atomic E-state index is 0.0151. The Balaban J connectivity index is 1.45.